The number of carbonyl (C=O) groups excluding carboxylic acids is 1. The summed E-state index contributed by atoms with van der Waals surface area (Å²) < 4.78 is 37.9. The van der Waals surface area contributed by atoms with Gasteiger partial charge in [0.05, 0.1) is 35.7 Å². The maximum atomic E-state index is 13.1. The van der Waals surface area contributed by atoms with Gasteiger partial charge in [-0.3, -0.25) is 9.10 Å². The Morgan fingerprint density at radius 2 is 1.85 bits per heavy atom. The average molecular weight is 409 g/mol. The molecule has 2 aromatic carbocycles. The molecule has 1 aliphatic rings. The fourth-order valence-electron chi connectivity index (χ4n) is 2.68. The minimum Gasteiger partial charge on any atom is -0.497 e. The molecule has 1 heterocycles. The van der Waals surface area contributed by atoms with Gasteiger partial charge in [-0.25, -0.2) is 8.42 Å². The lowest BCUT2D eigenvalue weighted by atomic mass is 10.3. The Morgan fingerprint density at radius 1 is 1.11 bits per heavy atom. The molecule has 0 saturated heterocycles. The van der Waals surface area contributed by atoms with Crippen LogP contribution >= 0.6 is 11.8 Å². The molecule has 1 atom stereocenters. The molecule has 7 nitrogen and oxygen atoms in total. The van der Waals surface area contributed by atoms with Gasteiger partial charge < -0.3 is 14.8 Å². The topological polar surface area (TPSA) is 84.9 Å². The maximum absolute atomic E-state index is 13.1. The van der Waals surface area contributed by atoms with Crippen LogP contribution in [0.1, 0.15) is 6.92 Å². The highest BCUT2D eigenvalue weighted by Gasteiger charge is 2.28. The molecule has 27 heavy (non-hydrogen) atoms. The van der Waals surface area contributed by atoms with Crippen molar-refractivity contribution in [2.45, 2.75) is 22.0 Å². The number of nitrogens with zero attached hydrogens (tertiary/aromatic N) is 1. The summed E-state index contributed by atoms with van der Waals surface area (Å²) in [5.41, 5.74) is 0.844. The van der Waals surface area contributed by atoms with Crippen LogP contribution in [0.15, 0.2) is 46.2 Å². The van der Waals surface area contributed by atoms with Crippen molar-refractivity contribution in [1.82, 2.24) is 0 Å². The third-order valence-corrected chi connectivity index (χ3v) is 7.21. The number of methoxy groups -OCH3 is 2. The number of thioether (sulfide) groups is 1. The molecule has 1 N–H and O–H groups in total. The summed E-state index contributed by atoms with van der Waals surface area (Å²) in [6.07, 6.45) is 0. The number of amides is 1. The molecule has 2 aromatic rings. The molecule has 144 valence electrons. The van der Waals surface area contributed by atoms with Gasteiger partial charge in [-0.15, -0.1) is 11.8 Å². The van der Waals surface area contributed by atoms with E-state index in [1.807, 2.05) is 0 Å². The predicted octanol–water partition coefficient (Wildman–Crippen LogP) is 2.96. The van der Waals surface area contributed by atoms with Crippen LogP contribution in [-0.4, -0.2) is 40.8 Å². The predicted molar refractivity (Wildman–Crippen MR) is 106 cm³/mol. The van der Waals surface area contributed by atoms with Crippen molar-refractivity contribution in [2.24, 2.45) is 0 Å². The van der Waals surface area contributed by atoms with Crippen LogP contribution < -0.4 is 19.1 Å². The number of ether oxygens (including phenoxy) is 2. The fraction of sp³-hybridized carbons (Fsp3) is 0.278. The molecule has 1 aliphatic heterocycles. The number of benzene rings is 2. The molecule has 0 bridgehead atoms. The highest BCUT2D eigenvalue weighted by molar-refractivity contribution is 8.01. The number of anilines is 2. The Bertz CT molecular complexity index is 991. The quantitative estimate of drug-likeness (QED) is 0.819. The van der Waals surface area contributed by atoms with E-state index >= 15 is 0 Å². The van der Waals surface area contributed by atoms with Crippen LogP contribution in [-0.2, 0) is 14.8 Å². The van der Waals surface area contributed by atoms with Gasteiger partial charge in [0.1, 0.15) is 11.5 Å². The second-order valence-corrected chi connectivity index (χ2v) is 9.27. The van der Waals surface area contributed by atoms with Crippen molar-refractivity contribution < 1.29 is 22.7 Å². The normalized spacial score (nSPS) is 16.3. The zero-order valence-electron chi connectivity index (χ0n) is 15.3. The number of sulfonamides is 1. The van der Waals surface area contributed by atoms with E-state index < -0.39 is 10.0 Å². The van der Waals surface area contributed by atoms with Crippen molar-refractivity contribution in [3.05, 3.63) is 36.4 Å². The minimum atomic E-state index is -3.88. The van der Waals surface area contributed by atoms with Crippen LogP contribution in [0.5, 0.6) is 11.5 Å². The standard InChI is InChI=1S/C18H20N2O5S2/c1-11-18(21)19-14-10-13(6-8-17(14)26-11)27(22,23)20(2)15-9-12(24-3)5-7-16(15)25-4/h5-11H,1-4H3,(H,19,21)/t11-/m1/s1. The first-order valence-corrected chi connectivity index (χ1v) is 10.4. The van der Waals surface area contributed by atoms with Crippen LogP contribution in [0.4, 0.5) is 11.4 Å². The molecule has 0 aromatic heterocycles. The smallest absolute Gasteiger partial charge is 0.264 e. The van der Waals surface area contributed by atoms with E-state index in [9.17, 15) is 13.2 Å². The first-order valence-electron chi connectivity index (χ1n) is 8.10. The van der Waals surface area contributed by atoms with Gasteiger partial charge in [0, 0.05) is 18.0 Å². The average Bonchev–Trinajstić information content (AvgIpc) is 2.67. The van der Waals surface area contributed by atoms with E-state index in [-0.39, 0.29) is 16.1 Å². The molecule has 3 rings (SSSR count). The Kier molecular flexibility index (Phi) is 5.25. The van der Waals surface area contributed by atoms with Gasteiger partial charge in [-0.05, 0) is 37.3 Å². The molecule has 0 spiro atoms. The number of hydrogen-bond acceptors (Lipinski definition) is 6. The lowest BCUT2D eigenvalue weighted by Crippen LogP contribution is -2.29. The van der Waals surface area contributed by atoms with Crippen molar-refractivity contribution in [3.8, 4) is 11.5 Å². The van der Waals surface area contributed by atoms with Gasteiger partial charge >= 0.3 is 0 Å². The number of nitrogens with one attached hydrogen (secondary N) is 1. The summed E-state index contributed by atoms with van der Waals surface area (Å²) >= 11 is 1.40. The minimum absolute atomic E-state index is 0.0732. The monoisotopic (exact) mass is 408 g/mol. The summed E-state index contributed by atoms with van der Waals surface area (Å²) in [5, 5.41) is 2.54. The van der Waals surface area contributed by atoms with E-state index in [1.165, 1.54) is 45.2 Å². The van der Waals surface area contributed by atoms with Crippen LogP contribution in [0.3, 0.4) is 0 Å². The zero-order chi connectivity index (χ0) is 19.8. The van der Waals surface area contributed by atoms with Crippen molar-refractivity contribution >= 4 is 39.1 Å². The molecule has 9 heteroatoms. The molecular weight excluding hydrogens is 388 g/mol. The number of hydrogen-bond donors (Lipinski definition) is 1. The second kappa shape index (κ2) is 7.32. The molecular formula is C18H20N2O5S2. The van der Waals surface area contributed by atoms with Gasteiger partial charge in [0.2, 0.25) is 5.91 Å². The third kappa shape index (κ3) is 3.57. The van der Waals surface area contributed by atoms with E-state index in [1.54, 1.807) is 31.2 Å². The Hall–Kier alpha value is -2.39. The van der Waals surface area contributed by atoms with Gasteiger partial charge in [0.25, 0.3) is 10.0 Å². The molecule has 0 unspecified atom stereocenters. The van der Waals surface area contributed by atoms with E-state index in [0.717, 1.165) is 9.20 Å². The molecule has 0 saturated carbocycles. The van der Waals surface area contributed by atoms with E-state index in [0.29, 0.717) is 22.9 Å². The number of carbonyl (C=O) groups is 1. The van der Waals surface area contributed by atoms with Crippen LogP contribution in [0, 0.1) is 0 Å². The third-order valence-electron chi connectivity index (χ3n) is 4.27. The van der Waals surface area contributed by atoms with Gasteiger partial charge in [0.15, 0.2) is 0 Å². The number of fused-ring (bicyclic) bond motifs is 1. The van der Waals surface area contributed by atoms with E-state index in [2.05, 4.69) is 5.32 Å². The van der Waals surface area contributed by atoms with Crippen molar-refractivity contribution in [1.29, 1.82) is 0 Å². The molecule has 0 fully saturated rings. The van der Waals surface area contributed by atoms with Crippen LogP contribution in [0.2, 0.25) is 0 Å². The Balaban J connectivity index is 2.02. The summed E-state index contributed by atoms with van der Waals surface area (Å²) in [6, 6.07) is 9.65. The molecule has 0 aliphatic carbocycles. The van der Waals surface area contributed by atoms with Gasteiger partial charge in [-0.2, -0.15) is 0 Å². The summed E-state index contributed by atoms with van der Waals surface area (Å²) in [7, 11) is 0.545. The lowest BCUT2D eigenvalue weighted by Gasteiger charge is -2.25. The maximum Gasteiger partial charge on any atom is 0.264 e. The highest BCUT2D eigenvalue weighted by atomic mass is 32.2. The Labute approximate surface area is 162 Å². The SMILES string of the molecule is COc1ccc(OC)c(N(C)S(=O)(=O)c2ccc3c(c2)NC(=O)[C@@H](C)S3)c1. The molecule has 1 amide bonds. The number of rotatable bonds is 5. The first-order chi connectivity index (χ1) is 12.8. The van der Waals surface area contributed by atoms with Crippen molar-refractivity contribution in [2.75, 3.05) is 30.9 Å². The summed E-state index contributed by atoms with van der Waals surface area (Å²) in [6.45, 7) is 1.80. The highest BCUT2D eigenvalue weighted by Crippen LogP contribution is 2.39. The largest absolute Gasteiger partial charge is 0.497 e. The molecule has 0 radical (unpaired) electrons. The first kappa shape index (κ1) is 19.4. The van der Waals surface area contributed by atoms with E-state index in [4.69, 9.17) is 9.47 Å². The fourth-order valence-corrected chi connectivity index (χ4v) is 4.83. The summed E-state index contributed by atoms with van der Waals surface area (Å²) in [5.74, 6) is 0.762. The lowest BCUT2D eigenvalue weighted by molar-refractivity contribution is -0.115. The van der Waals surface area contributed by atoms with Gasteiger partial charge in [-0.1, -0.05) is 0 Å². The second-order valence-electron chi connectivity index (χ2n) is 5.92. The van der Waals surface area contributed by atoms with Crippen LogP contribution in [0.25, 0.3) is 0 Å². The van der Waals surface area contributed by atoms with Crippen molar-refractivity contribution in [3.63, 3.8) is 0 Å². The summed E-state index contributed by atoms with van der Waals surface area (Å²) in [4.78, 5) is 12.8. The zero-order valence-corrected chi connectivity index (χ0v) is 17.0. The Morgan fingerprint density at radius 3 is 2.52 bits per heavy atom.